The molecule has 0 aromatic carbocycles. The highest BCUT2D eigenvalue weighted by atomic mass is 35.5. The van der Waals surface area contributed by atoms with Gasteiger partial charge in [0.05, 0.1) is 5.75 Å². The van der Waals surface area contributed by atoms with Gasteiger partial charge in [0.15, 0.2) is 0 Å². The van der Waals surface area contributed by atoms with Crippen LogP contribution in [0.25, 0.3) is 0 Å². The van der Waals surface area contributed by atoms with E-state index in [1.807, 2.05) is 13.8 Å². The number of hydrogen-bond donors (Lipinski definition) is 1. The molecule has 3 heterocycles. The van der Waals surface area contributed by atoms with Crippen molar-refractivity contribution in [2.75, 3.05) is 25.4 Å². The van der Waals surface area contributed by atoms with Gasteiger partial charge >= 0.3 is 0 Å². The van der Waals surface area contributed by atoms with Crippen LogP contribution in [0.15, 0.2) is 0 Å². The van der Waals surface area contributed by atoms with Crippen LogP contribution in [0, 0.1) is 11.8 Å². The van der Waals surface area contributed by atoms with Gasteiger partial charge < -0.3 is 5.32 Å². The molecule has 17 heavy (non-hydrogen) atoms. The van der Waals surface area contributed by atoms with Crippen LogP contribution >= 0.6 is 12.4 Å². The predicted molar refractivity (Wildman–Crippen MR) is 72.0 cm³/mol. The zero-order valence-electron chi connectivity index (χ0n) is 10.6. The molecule has 6 heteroatoms. The minimum atomic E-state index is -3.04. The normalized spacial score (nSPS) is 30.1. The minimum absolute atomic E-state index is 0. The Balaban J connectivity index is 0.00000144. The summed E-state index contributed by atoms with van der Waals surface area (Å²) in [5.41, 5.74) is 0. The highest BCUT2D eigenvalue weighted by molar-refractivity contribution is 7.89. The molecule has 3 saturated heterocycles. The van der Waals surface area contributed by atoms with Crippen molar-refractivity contribution in [3.8, 4) is 0 Å². The summed E-state index contributed by atoms with van der Waals surface area (Å²) in [7, 11) is -3.04. The van der Waals surface area contributed by atoms with Crippen molar-refractivity contribution in [2.24, 2.45) is 11.8 Å². The van der Waals surface area contributed by atoms with Gasteiger partial charge in [-0.15, -0.1) is 12.4 Å². The van der Waals surface area contributed by atoms with Crippen molar-refractivity contribution < 1.29 is 8.42 Å². The van der Waals surface area contributed by atoms with Gasteiger partial charge in [-0.2, -0.15) is 0 Å². The lowest BCUT2D eigenvalue weighted by atomic mass is 9.97. The van der Waals surface area contributed by atoms with Crippen molar-refractivity contribution in [2.45, 2.75) is 32.7 Å². The van der Waals surface area contributed by atoms with Gasteiger partial charge in [-0.05, 0) is 31.2 Å². The molecule has 0 amide bonds. The number of sulfonamides is 1. The van der Waals surface area contributed by atoms with Crippen LogP contribution in [0.1, 0.15) is 26.7 Å². The lowest BCUT2D eigenvalue weighted by Crippen LogP contribution is -2.41. The molecule has 3 aliphatic heterocycles. The molecule has 0 aromatic heterocycles. The molecule has 3 fully saturated rings. The fourth-order valence-electron chi connectivity index (χ4n) is 2.65. The van der Waals surface area contributed by atoms with Crippen molar-refractivity contribution in [1.82, 2.24) is 9.62 Å². The maximum absolute atomic E-state index is 12.2. The summed E-state index contributed by atoms with van der Waals surface area (Å²) in [6.07, 6.45) is 2.30. The summed E-state index contributed by atoms with van der Waals surface area (Å²) in [6.45, 7) is 6.30. The fourth-order valence-corrected chi connectivity index (χ4v) is 4.55. The summed E-state index contributed by atoms with van der Waals surface area (Å²) in [6, 6.07) is 0.376. The number of halogens is 1. The summed E-state index contributed by atoms with van der Waals surface area (Å²) >= 11 is 0. The minimum Gasteiger partial charge on any atom is -0.312 e. The first kappa shape index (κ1) is 15.2. The topological polar surface area (TPSA) is 49.4 Å². The Hall–Kier alpha value is 0.160. The van der Waals surface area contributed by atoms with Gasteiger partial charge in [0, 0.05) is 19.1 Å². The summed E-state index contributed by atoms with van der Waals surface area (Å²) in [5, 5.41) is 3.43. The van der Waals surface area contributed by atoms with Crippen LogP contribution in [-0.4, -0.2) is 44.2 Å². The Morgan fingerprint density at radius 3 is 2.53 bits per heavy atom. The Kier molecular flexibility index (Phi) is 5.25. The summed E-state index contributed by atoms with van der Waals surface area (Å²) in [4.78, 5) is 0. The molecule has 3 aliphatic rings. The Bertz CT molecular complexity index is 323. The molecule has 0 spiro atoms. The number of fused-ring (bicyclic) bond motifs is 4. The monoisotopic (exact) mass is 282 g/mol. The first-order valence-corrected chi connectivity index (χ1v) is 7.79. The molecule has 3 rings (SSSR count). The maximum Gasteiger partial charge on any atom is 0.214 e. The van der Waals surface area contributed by atoms with Gasteiger partial charge in [0.25, 0.3) is 0 Å². The number of piperidine rings is 1. The smallest absolute Gasteiger partial charge is 0.214 e. The Morgan fingerprint density at radius 1 is 1.29 bits per heavy atom. The van der Waals surface area contributed by atoms with E-state index >= 15 is 0 Å². The number of hydrogen-bond acceptors (Lipinski definition) is 3. The Morgan fingerprint density at radius 2 is 2.00 bits per heavy atom. The van der Waals surface area contributed by atoms with Crippen LogP contribution < -0.4 is 5.32 Å². The van der Waals surface area contributed by atoms with Crippen molar-refractivity contribution in [3.05, 3.63) is 0 Å². The van der Waals surface area contributed by atoms with Gasteiger partial charge in [0.2, 0.25) is 10.0 Å². The van der Waals surface area contributed by atoms with Crippen molar-refractivity contribution >= 4 is 22.4 Å². The van der Waals surface area contributed by atoms with Crippen LogP contribution in [0.4, 0.5) is 0 Å². The molecule has 0 unspecified atom stereocenters. The molecule has 0 saturated carbocycles. The van der Waals surface area contributed by atoms with E-state index in [2.05, 4.69) is 5.32 Å². The number of nitrogens with one attached hydrogen (secondary N) is 1. The van der Waals surface area contributed by atoms with E-state index in [1.165, 1.54) is 6.42 Å². The quantitative estimate of drug-likeness (QED) is 0.843. The molecule has 4 nitrogen and oxygen atoms in total. The van der Waals surface area contributed by atoms with Crippen molar-refractivity contribution in [1.29, 1.82) is 0 Å². The highest BCUT2D eigenvalue weighted by Gasteiger charge is 2.34. The van der Waals surface area contributed by atoms with Crippen LogP contribution in [0.5, 0.6) is 0 Å². The zero-order valence-corrected chi connectivity index (χ0v) is 12.2. The van der Waals surface area contributed by atoms with Gasteiger partial charge in [-0.3, -0.25) is 0 Å². The average Bonchev–Trinajstić information content (AvgIpc) is 2.48. The number of nitrogens with zero attached hydrogens (tertiary/aromatic N) is 1. The van der Waals surface area contributed by atoms with E-state index in [1.54, 1.807) is 4.31 Å². The van der Waals surface area contributed by atoms with Gasteiger partial charge in [0.1, 0.15) is 0 Å². The van der Waals surface area contributed by atoms with E-state index in [4.69, 9.17) is 0 Å². The highest BCUT2D eigenvalue weighted by Crippen LogP contribution is 2.23. The molecular formula is C11H23ClN2O2S. The standard InChI is InChI=1S/C11H22N2O2S.ClH/c1-9(2)8-16(14,15)13-6-10-3-4-11(7-13)12-5-10;/h9-12H,3-8H2,1-2H3;1H/t10-,11-;/m0./s1. The van der Waals surface area contributed by atoms with Crippen LogP contribution in [0.2, 0.25) is 0 Å². The first-order chi connectivity index (χ1) is 7.47. The van der Waals surface area contributed by atoms with E-state index in [-0.39, 0.29) is 24.1 Å². The summed E-state index contributed by atoms with van der Waals surface area (Å²) < 4.78 is 26.0. The first-order valence-electron chi connectivity index (χ1n) is 6.18. The third-order valence-corrected chi connectivity index (χ3v) is 5.61. The second-order valence-electron chi connectivity index (χ2n) is 5.54. The SMILES string of the molecule is CC(C)CS(=O)(=O)N1C[C@H]2CC[C@@H](C1)NC2.Cl. The molecule has 102 valence electrons. The molecule has 0 aliphatic carbocycles. The predicted octanol–water partition coefficient (Wildman–Crippen LogP) is 1.08. The van der Waals surface area contributed by atoms with E-state index < -0.39 is 10.0 Å². The molecule has 2 atom stereocenters. The van der Waals surface area contributed by atoms with Gasteiger partial charge in [-0.1, -0.05) is 13.8 Å². The number of rotatable bonds is 3. The Labute approximate surface area is 111 Å². The summed E-state index contributed by atoms with van der Waals surface area (Å²) in [5.74, 6) is 1.01. The second-order valence-corrected chi connectivity index (χ2v) is 7.55. The molecular weight excluding hydrogens is 260 g/mol. The van der Waals surface area contributed by atoms with E-state index in [0.717, 1.165) is 19.5 Å². The second kappa shape index (κ2) is 5.87. The maximum atomic E-state index is 12.2. The third-order valence-electron chi connectivity index (χ3n) is 3.44. The van der Waals surface area contributed by atoms with E-state index in [0.29, 0.717) is 18.5 Å². The largest absolute Gasteiger partial charge is 0.312 e. The average molecular weight is 283 g/mol. The lowest BCUT2D eigenvalue weighted by Gasteiger charge is -2.23. The molecule has 2 bridgehead atoms. The molecule has 0 aromatic rings. The van der Waals surface area contributed by atoms with Gasteiger partial charge in [-0.25, -0.2) is 12.7 Å². The van der Waals surface area contributed by atoms with E-state index in [9.17, 15) is 8.42 Å². The lowest BCUT2D eigenvalue weighted by molar-refractivity contribution is 0.356. The molecule has 0 radical (unpaired) electrons. The van der Waals surface area contributed by atoms with Crippen molar-refractivity contribution in [3.63, 3.8) is 0 Å². The molecule has 1 N–H and O–H groups in total. The van der Waals surface area contributed by atoms with Crippen LogP contribution in [0.3, 0.4) is 0 Å². The zero-order chi connectivity index (χ0) is 11.8. The third kappa shape index (κ3) is 3.81. The van der Waals surface area contributed by atoms with Crippen LogP contribution in [-0.2, 0) is 10.0 Å². The fraction of sp³-hybridized carbons (Fsp3) is 1.00.